The lowest BCUT2D eigenvalue weighted by Gasteiger charge is -2.31. The van der Waals surface area contributed by atoms with Crippen LogP contribution in [0.3, 0.4) is 0 Å². The zero-order valence-corrected chi connectivity index (χ0v) is 15.8. The molecule has 1 aromatic heterocycles. The van der Waals surface area contributed by atoms with E-state index in [1.54, 1.807) is 0 Å². The minimum absolute atomic E-state index is 0.150. The highest BCUT2D eigenvalue weighted by Crippen LogP contribution is 2.27. The number of carbonyl (C=O) groups is 1. The van der Waals surface area contributed by atoms with E-state index in [-0.39, 0.29) is 11.2 Å². The van der Waals surface area contributed by atoms with Crippen LogP contribution in [0.5, 0.6) is 0 Å². The highest BCUT2D eigenvalue weighted by atomic mass is 32.2. The molecule has 2 aromatic rings. The van der Waals surface area contributed by atoms with Crippen molar-refractivity contribution in [2.45, 2.75) is 44.0 Å². The van der Waals surface area contributed by atoms with Gasteiger partial charge in [0.05, 0.1) is 5.25 Å². The summed E-state index contributed by atoms with van der Waals surface area (Å²) >= 11 is 1.36. The van der Waals surface area contributed by atoms with Crippen LogP contribution in [0.4, 0.5) is 0 Å². The maximum absolute atomic E-state index is 12.6. The molecule has 0 bridgehead atoms. The van der Waals surface area contributed by atoms with Crippen LogP contribution in [0.15, 0.2) is 29.4 Å². The minimum atomic E-state index is -0.231. The van der Waals surface area contributed by atoms with Gasteiger partial charge in [-0.25, -0.2) is 4.68 Å². The van der Waals surface area contributed by atoms with Crippen LogP contribution >= 0.6 is 11.8 Å². The van der Waals surface area contributed by atoms with Crippen molar-refractivity contribution in [2.24, 2.45) is 5.92 Å². The Morgan fingerprint density at radius 3 is 2.52 bits per heavy atom. The highest BCUT2D eigenvalue weighted by molar-refractivity contribution is 8.00. The molecule has 0 radical (unpaired) electrons. The summed E-state index contributed by atoms with van der Waals surface area (Å²) in [6.07, 6.45) is 2.15. The molecule has 1 saturated heterocycles. The number of benzene rings is 1. The van der Waals surface area contributed by atoms with Crippen LogP contribution in [-0.4, -0.2) is 44.0 Å². The number of hydrogen-bond donors (Lipinski definition) is 1. The SMILES string of the molecule is Cc1ccc(-c2nnc(SC(C)C(=O)N3CCC(C)CC3)n2N)cc1. The molecular formula is C18H25N5OS. The minimum Gasteiger partial charge on any atom is -0.342 e. The fraction of sp³-hybridized carbons (Fsp3) is 0.500. The van der Waals surface area contributed by atoms with Crippen LogP contribution < -0.4 is 5.84 Å². The second-order valence-electron chi connectivity index (χ2n) is 6.81. The number of hydrogen-bond acceptors (Lipinski definition) is 5. The number of likely N-dealkylation sites (tertiary alicyclic amines) is 1. The average molecular weight is 359 g/mol. The van der Waals surface area contributed by atoms with E-state index in [2.05, 4.69) is 17.1 Å². The monoisotopic (exact) mass is 359 g/mol. The molecule has 6 nitrogen and oxygen atoms in total. The summed E-state index contributed by atoms with van der Waals surface area (Å²) < 4.78 is 1.47. The molecule has 1 aliphatic heterocycles. The third-order valence-electron chi connectivity index (χ3n) is 4.70. The van der Waals surface area contributed by atoms with Crippen molar-refractivity contribution in [3.8, 4) is 11.4 Å². The molecule has 3 rings (SSSR count). The van der Waals surface area contributed by atoms with E-state index in [1.165, 1.54) is 22.0 Å². The standard InChI is InChI=1S/C18H25N5OS/c1-12-4-6-15(7-5-12)16-20-21-18(23(16)19)25-14(3)17(24)22-10-8-13(2)9-11-22/h4-7,13-14H,8-11,19H2,1-3H3. The van der Waals surface area contributed by atoms with E-state index >= 15 is 0 Å². The lowest BCUT2D eigenvalue weighted by molar-refractivity contribution is -0.131. The maximum atomic E-state index is 12.6. The molecule has 7 heteroatoms. The third-order valence-corrected chi connectivity index (χ3v) is 5.74. The zero-order valence-electron chi connectivity index (χ0n) is 15.0. The molecule has 1 amide bonds. The molecule has 0 saturated carbocycles. The smallest absolute Gasteiger partial charge is 0.235 e. The Balaban J connectivity index is 1.68. The van der Waals surface area contributed by atoms with Crippen molar-refractivity contribution in [3.63, 3.8) is 0 Å². The molecule has 25 heavy (non-hydrogen) atoms. The maximum Gasteiger partial charge on any atom is 0.235 e. The highest BCUT2D eigenvalue weighted by Gasteiger charge is 2.26. The molecule has 134 valence electrons. The molecule has 1 unspecified atom stereocenters. The van der Waals surface area contributed by atoms with E-state index in [9.17, 15) is 4.79 Å². The average Bonchev–Trinajstić information content (AvgIpc) is 2.96. The van der Waals surface area contributed by atoms with Gasteiger partial charge in [-0.2, -0.15) is 0 Å². The van der Waals surface area contributed by atoms with E-state index < -0.39 is 0 Å². The van der Waals surface area contributed by atoms with Crippen LogP contribution in [0.25, 0.3) is 11.4 Å². The number of aromatic nitrogens is 3. The summed E-state index contributed by atoms with van der Waals surface area (Å²) in [5, 5.41) is 8.69. The van der Waals surface area contributed by atoms with Crippen LogP contribution in [0.1, 0.15) is 32.3 Å². The normalized spacial score (nSPS) is 16.8. The number of nitrogens with zero attached hydrogens (tertiary/aromatic N) is 4. The predicted octanol–water partition coefficient (Wildman–Crippen LogP) is 2.71. The first-order valence-electron chi connectivity index (χ1n) is 8.68. The lowest BCUT2D eigenvalue weighted by atomic mass is 9.99. The summed E-state index contributed by atoms with van der Waals surface area (Å²) in [6, 6.07) is 7.97. The fourth-order valence-corrected chi connectivity index (χ4v) is 3.81. The van der Waals surface area contributed by atoms with E-state index in [0.29, 0.717) is 16.9 Å². The van der Waals surface area contributed by atoms with Gasteiger partial charge < -0.3 is 10.7 Å². The number of rotatable bonds is 4. The Kier molecular flexibility index (Phi) is 5.32. The summed E-state index contributed by atoms with van der Waals surface area (Å²) in [5.41, 5.74) is 2.09. The second kappa shape index (κ2) is 7.47. The lowest BCUT2D eigenvalue weighted by Crippen LogP contribution is -2.41. The molecule has 1 atom stereocenters. The number of amides is 1. The Morgan fingerprint density at radius 2 is 1.88 bits per heavy atom. The molecule has 2 N–H and O–H groups in total. The topological polar surface area (TPSA) is 77.0 Å². The van der Waals surface area contributed by atoms with Crippen molar-refractivity contribution < 1.29 is 4.79 Å². The Hall–Kier alpha value is -2.02. The van der Waals surface area contributed by atoms with Gasteiger partial charge >= 0.3 is 0 Å². The summed E-state index contributed by atoms with van der Waals surface area (Å²) in [4.78, 5) is 14.6. The Labute approximate surface area is 152 Å². The van der Waals surface area contributed by atoms with Gasteiger partial charge in [0.1, 0.15) is 0 Å². The zero-order chi connectivity index (χ0) is 18.0. The second-order valence-corrected chi connectivity index (χ2v) is 8.12. The van der Waals surface area contributed by atoms with E-state index in [4.69, 9.17) is 5.84 Å². The van der Waals surface area contributed by atoms with Gasteiger partial charge in [-0.1, -0.05) is 48.5 Å². The number of nitrogens with two attached hydrogens (primary N) is 1. The van der Waals surface area contributed by atoms with Crippen LogP contribution in [-0.2, 0) is 4.79 Å². The number of aryl methyl sites for hydroxylation is 1. The number of thioether (sulfide) groups is 1. The van der Waals surface area contributed by atoms with Crippen molar-refractivity contribution in [1.82, 2.24) is 19.8 Å². The Morgan fingerprint density at radius 1 is 1.24 bits per heavy atom. The number of carbonyl (C=O) groups excluding carboxylic acids is 1. The molecule has 0 spiro atoms. The first-order valence-corrected chi connectivity index (χ1v) is 9.56. The predicted molar refractivity (Wildman–Crippen MR) is 101 cm³/mol. The summed E-state index contributed by atoms with van der Waals surface area (Å²) in [5.74, 6) is 7.62. The Bertz CT molecular complexity index is 734. The molecule has 2 heterocycles. The third kappa shape index (κ3) is 3.98. The van der Waals surface area contributed by atoms with Gasteiger partial charge in [-0.05, 0) is 32.6 Å². The van der Waals surface area contributed by atoms with E-state index in [0.717, 1.165) is 31.5 Å². The number of nitrogen functional groups attached to an aromatic ring is 1. The van der Waals surface area contributed by atoms with E-state index in [1.807, 2.05) is 43.0 Å². The van der Waals surface area contributed by atoms with Gasteiger partial charge in [0.15, 0.2) is 5.82 Å². The quantitative estimate of drug-likeness (QED) is 0.671. The summed E-state index contributed by atoms with van der Waals surface area (Å²) in [7, 11) is 0. The van der Waals surface area contributed by atoms with Crippen molar-refractivity contribution in [3.05, 3.63) is 29.8 Å². The van der Waals surface area contributed by atoms with Crippen molar-refractivity contribution >= 4 is 17.7 Å². The molecule has 0 aliphatic carbocycles. The molecular weight excluding hydrogens is 334 g/mol. The van der Waals surface area contributed by atoms with Crippen LogP contribution in [0, 0.1) is 12.8 Å². The first-order chi connectivity index (χ1) is 12.0. The first kappa shape index (κ1) is 17.8. The number of piperidine rings is 1. The van der Waals surface area contributed by atoms with Crippen molar-refractivity contribution in [2.75, 3.05) is 18.9 Å². The molecule has 1 aromatic carbocycles. The van der Waals surface area contributed by atoms with Gasteiger partial charge in [0.2, 0.25) is 11.1 Å². The molecule has 1 fully saturated rings. The van der Waals surface area contributed by atoms with Gasteiger partial charge in [-0.15, -0.1) is 10.2 Å². The van der Waals surface area contributed by atoms with Crippen molar-refractivity contribution in [1.29, 1.82) is 0 Å². The van der Waals surface area contributed by atoms with Gasteiger partial charge in [0, 0.05) is 18.7 Å². The van der Waals surface area contributed by atoms with Crippen LogP contribution in [0.2, 0.25) is 0 Å². The van der Waals surface area contributed by atoms with Gasteiger partial charge in [-0.3, -0.25) is 4.79 Å². The fourth-order valence-electron chi connectivity index (χ4n) is 2.95. The van der Waals surface area contributed by atoms with Gasteiger partial charge in [0.25, 0.3) is 0 Å². The summed E-state index contributed by atoms with van der Waals surface area (Å²) in [6.45, 7) is 7.87. The molecule has 1 aliphatic rings. The largest absolute Gasteiger partial charge is 0.342 e.